The molecule has 2 aliphatic carbocycles. The van der Waals surface area contributed by atoms with Crippen LogP contribution in [0, 0.1) is 5.92 Å². The Hall–Kier alpha value is -1.04. The Morgan fingerprint density at radius 1 is 1.39 bits per heavy atom. The number of hydrogen-bond acceptors (Lipinski definition) is 4. The van der Waals surface area contributed by atoms with Crippen LogP contribution in [0.4, 0.5) is 0 Å². The van der Waals surface area contributed by atoms with Gasteiger partial charge >= 0.3 is 0 Å². The third-order valence-corrected chi connectivity index (χ3v) is 7.19. The van der Waals surface area contributed by atoms with E-state index in [-0.39, 0.29) is 5.41 Å². The van der Waals surface area contributed by atoms with Crippen molar-refractivity contribution in [1.29, 1.82) is 0 Å². The summed E-state index contributed by atoms with van der Waals surface area (Å²) >= 11 is 3.11. The Labute approximate surface area is 144 Å². The highest BCUT2D eigenvalue weighted by Crippen LogP contribution is 2.66. The topological polar surface area (TPSA) is 41.9 Å². The van der Waals surface area contributed by atoms with Gasteiger partial charge in [-0.05, 0) is 45.0 Å². The lowest BCUT2D eigenvalue weighted by Gasteiger charge is -2.60. The van der Waals surface area contributed by atoms with Gasteiger partial charge < -0.3 is 18.6 Å². The largest absolute Gasteiger partial charge is 0.479 e. The van der Waals surface area contributed by atoms with Crippen molar-refractivity contribution in [2.75, 3.05) is 13.6 Å². The highest BCUT2D eigenvalue weighted by molar-refractivity contribution is 9.06. The second-order valence-corrected chi connectivity index (χ2v) is 7.87. The van der Waals surface area contributed by atoms with Gasteiger partial charge in [0.2, 0.25) is 0 Å². The molecule has 4 aliphatic rings. The van der Waals surface area contributed by atoms with E-state index in [0.717, 1.165) is 25.1 Å². The summed E-state index contributed by atoms with van der Waals surface area (Å²) in [6.07, 6.45) is 5.57. The molecule has 122 valence electrons. The smallest absolute Gasteiger partial charge is 0.179 e. The number of hydrogen-bond donors (Lipinski definition) is 1. The van der Waals surface area contributed by atoms with Crippen LogP contribution in [-0.2, 0) is 11.8 Å². The fraction of sp³-hybridized carbons (Fsp3) is 0.556. The van der Waals surface area contributed by atoms with Crippen molar-refractivity contribution >= 4 is 16.3 Å². The summed E-state index contributed by atoms with van der Waals surface area (Å²) in [7, 11) is 2.21. The van der Waals surface area contributed by atoms with Crippen LogP contribution in [0.25, 0.3) is 0 Å². The molecule has 1 fully saturated rings. The number of piperidine rings is 1. The molecule has 0 saturated carbocycles. The Balaban J connectivity index is 1.87. The molecule has 1 aromatic carbocycles. The normalized spacial score (nSPS) is 43.0. The van der Waals surface area contributed by atoms with Gasteiger partial charge in [-0.15, -0.1) is 0 Å². The molecule has 1 spiro atoms. The van der Waals surface area contributed by atoms with Gasteiger partial charge in [-0.1, -0.05) is 18.2 Å². The summed E-state index contributed by atoms with van der Waals surface area (Å²) in [5.74, 6) is 1.89. The third kappa shape index (κ3) is 1.42. The van der Waals surface area contributed by atoms with E-state index < -0.39 is 11.7 Å². The summed E-state index contributed by atoms with van der Waals surface area (Å²) in [6.45, 7) is 3.10. The van der Waals surface area contributed by atoms with Gasteiger partial charge in [0.05, 0.1) is 5.41 Å². The zero-order valence-electron chi connectivity index (χ0n) is 13.3. The number of nitrogens with zero attached hydrogens (tertiary/aromatic N) is 1. The van der Waals surface area contributed by atoms with E-state index in [1.165, 1.54) is 11.1 Å². The average Bonchev–Trinajstić information content (AvgIpc) is 2.82. The number of likely N-dealkylation sites (N-methyl/N-ethyl adjacent to an activating group) is 1. The molecule has 0 radical (unpaired) electrons. The predicted octanol–water partition coefficient (Wildman–Crippen LogP) is 2.57. The monoisotopic (exact) mass is 377 g/mol. The molecule has 0 unspecified atom stereocenters. The number of aliphatic hydroxyl groups excluding tert-OH is 1. The number of halogens is 1. The highest BCUT2D eigenvalue weighted by Gasteiger charge is 2.70. The first-order valence-electron chi connectivity index (χ1n) is 8.23. The molecule has 1 saturated heterocycles. The van der Waals surface area contributed by atoms with E-state index in [9.17, 15) is 5.11 Å². The van der Waals surface area contributed by atoms with Crippen LogP contribution in [-0.4, -0.2) is 41.3 Å². The molecule has 2 bridgehead atoms. The van der Waals surface area contributed by atoms with E-state index in [4.69, 9.17) is 8.57 Å². The van der Waals surface area contributed by atoms with Crippen LogP contribution in [0.1, 0.15) is 24.5 Å². The van der Waals surface area contributed by atoms with Crippen molar-refractivity contribution in [3.05, 3.63) is 35.4 Å². The van der Waals surface area contributed by atoms with E-state index in [0.29, 0.717) is 17.7 Å². The Bertz CT molecular complexity index is 735. The minimum Gasteiger partial charge on any atom is -0.479 e. The molecular weight excluding hydrogens is 358 g/mol. The SMILES string of the molecule is CN1CC[C@]23c4c5ccc(OBr)c4O[C@@]2(C)[C@@H](O)C=C[C@H]3[C@H]1C5. The minimum absolute atomic E-state index is 0.164. The number of likely N-dealkylation sites (tertiary alicyclic amines) is 1. The van der Waals surface area contributed by atoms with Crippen LogP contribution in [0.5, 0.6) is 11.5 Å². The Morgan fingerprint density at radius 2 is 2.22 bits per heavy atom. The average molecular weight is 378 g/mol. The zero-order valence-corrected chi connectivity index (χ0v) is 14.8. The summed E-state index contributed by atoms with van der Waals surface area (Å²) in [5, 5.41) is 10.8. The zero-order chi connectivity index (χ0) is 16.0. The lowest BCUT2D eigenvalue weighted by Crippen LogP contribution is -2.70. The van der Waals surface area contributed by atoms with Crippen LogP contribution in [0.15, 0.2) is 24.3 Å². The Kier molecular flexibility index (Phi) is 2.69. The molecule has 0 amide bonds. The Morgan fingerprint density at radius 3 is 3.00 bits per heavy atom. The first-order chi connectivity index (χ1) is 11.0. The summed E-state index contributed by atoms with van der Waals surface area (Å²) < 4.78 is 11.8. The number of ether oxygens (including phenoxy) is 1. The van der Waals surface area contributed by atoms with Crippen LogP contribution >= 0.6 is 16.3 Å². The van der Waals surface area contributed by atoms with E-state index in [2.05, 4.69) is 47.3 Å². The van der Waals surface area contributed by atoms with Crippen molar-refractivity contribution in [2.45, 2.75) is 42.9 Å². The molecule has 4 nitrogen and oxygen atoms in total. The van der Waals surface area contributed by atoms with Crippen LogP contribution < -0.4 is 8.57 Å². The second-order valence-electron chi connectivity index (χ2n) is 7.54. The number of rotatable bonds is 1. The van der Waals surface area contributed by atoms with E-state index in [1.807, 2.05) is 12.1 Å². The molecule has 2 heterocycles. The lowest BCUT2D eigenvalue weighted by atomic mass is 9.49. The maximum Gasteiger partial charge on any atom is 0.179 e. The second kappa shape index (κ2) is 4.32. The van der Waals surface area contributed by atoms with Gasteiger partial charge in [0, 0.05) is 17.5 Å². The minimum atomic E-state index is -0.634. The van der Waals surface area contributed by atoms with Gasteiger partial charge in [0.15, 0.2) is 27.8 Å². The van der Waals surface area contributed by atoms with Crippen molar-refractivity contribution in [3.8, 4) is 11.5 Å². The van der Waals surface area contributed by atoms with Gasteiger partial charge in [0.1, 0.15) is 11.7 Å². The molecule has 5 atom stereocenters. The van der Waals surface area contributed by atoms with Crippen LogP contribution in [0.3, 0.4) is 0 Å². The summed E-state index contributed by atoms with van der Waals surface area (Å²) in [5.41, 5.74) is 1.82. The maximum absolute atomic E-state index is 10.8. The van der Waals surface area contributed by atoms with E-state index in [1.54, 1.807) is 0 Å². The summed E-state index contributed by atoms with van der Waals surface area (Å²) in [6, 6.07) is 4.60. The van der Waals surface area contributed by atoms with E-state index >= 15 is 0 Å². The maximum atomic E-state index is 10.8. The first-order valence-corrected chi connectivity index (χ1v) is 8.88. The lowest BCUT2D eigenvalue weighted by molar-refractivity contribution is -0.110. The molecule has 1 aromatic rings. The van der Waals surface area contributed by atoms with Gasteiger partial charge in [0.25, 0.3) is 0 Å². The summed E-state index contributed by atoms with van der Waals surface area (Å²) in [4.78, 5) is 2.47. The molecule has 0 aromatic heterocycles. The molecule has 1 N–H and O–H groups in total. The van der Waals surface area contributed by atoms with Crippen molar-refractivity contribution in [3.63, 3.8) is 0 Å². The van der Waals surface area contributed by atoms with Gasteiger partial charge in [-0.25, -0.2) is 0 Å². The fourth-order valence-corrected chi connectivity index (χ4v) is 5.92. The fourth-order valence-electron chi connectivity index (χ4n) is 5.67. The van der Waals surface area contributed by atoms with Crippen molar-refractivity contribution in [2.24, 2.45) is 5.92 Å². The number of aliphatic hydroxyl groups is 1. The standard InChI is InChI=1S/C18H20BrNO3/c1-17-14(21)6-4-11-12-9-10-3-5-13(23-19)16(22-17)15(10)18(11,17)7-8-20(12)2/h3-6,11-12,14,21H,7-9H2,1-2H3/t11-,12+,14-,17-,18-/m0/s1. The van der Waals surface area contributed by atoms with Crippen LogP contribution in [0.2, 0.25) is 0 Å². The first kappa shape index (κ1) is 14.3. The molecule has 23 heavy (non-hydrogen) atoms. The highest BCUT2D eigenvalue weighted by atomic mass is 79.9. The number of benzene rings is 1. The molecule has 2 aliphatic heterocycles. The molecular formula is C18H20BrNO3. The van der Waals surface area contributed by atoms with Gasteiger partial charge in [-0.3, -0.25) is 0 Å². The van der Waals surface area contributed by atoms with Crippen molar-refractivity contribution in [1.82, 2.24) is 4.90 Å². The molecule has 5 heteroatoms. The van der Waals surface area contributed by atoms with Gasteiger partial charge in [-0.2, -0.15) is 0 Å². The van der Waals surface area contributed by atoms with Crippen molar-refractivity contribution < 1.29 is 13.7 Å². The predicted molar refractivity (Wildman–Crippen MR) is 90.1 cm³/mol. The quantitative estimate of drug-likeness (QED) is 0.763. The third-order valence-electron chi connectivity index (χ3n) is 6.84. The molecule has 5 rings (SSSR count).